The number of hydrogen-bond acceptors (Lipinski definition) is 2. The van der Waals surface area contributed by atoms with Crippen LogP contribution in [0.5, 0.6) is 0 Å². The Balaban J connectivity index is 4.96. The Morgan fingerprint density at radius 2 is 1.83 bits per heavy atom. The largest absolute Gasteiger partial charge is 0.478 e. The van der Waals surface area contributed by atoms with E-state index in [1.165, 1.54) is 22.6 Å². The molecule has 0 radical (unpaired) electrons. The van der Waals surface area contributed by atoms with Crippen LogP contribution in [-0.2, 0) is 9.59 Å². The Bertz CT molecular complexity index is 284. The number of carboxylic acid groups (broad SMARTS) is 2. The van der Waals surface area contributed by atoms with Crippen LogP contribution in [0, 0.1) is 12.3 Å². The van der Waals surface area contributed by atoms with Crippen LogP contribution in [0.1, 0.15) is 6.42 Å². The predicted octanol–water partition coefficient (Wildman–Crippen LogP) is 0.868. The molecule has 0 aliphatic carbocycles. The minimum absolute atomic E-state index is 0.181. The molecule has 0 bridgehead atoms. The second-order valence-corrected chi connectivity index (χ2v) is 2.86. The molecule has 0 amide bonds. The highest BCUT2D eigenvalue weighted by molar-refractivity contribution is 14.1. The van der Waals surface area contributed by atoms with Crippen molar-refractivity contribution in [2.75, 3.05) is 0 Å². The standard InChI is InChI=1S/C7H5IO4/c1-2-3-4(6(9)10)5(8)7(11)12/h1H,3H2,(H,9,10)(H,11,12). The lowest BCUT2D eigenvalue weighted by atomic mass is 10.2. The van der Waals surface area contributed by atoms with Gasteiger partial charge in [0.1, 0.15) is 3.58 Å². The summed E-state index contributed by atoms with van der Waals surface area (Å²) in [6.45, 7) is 0. The summed E-state index contributed by atoms with van der Waals surface area (Å²) in [5.41, 5.74) is -0.259. The zero-order chi connectivity index (χ0) is 9.72. The predicted molar refractivity (Wildman–Crippen MR) is 49.8 cm³/mol. The first-order valence-electron chi connectivity index (χ1n) is 2.79. The van der Waals surface area contributed by atoms with Crippen molar-refractivity contribution in [1.29, 1.82) is 0 Å². The van der Waals surface area contributed by atoms with Crippen molar-refractivity contribution >= 4 is 34.5 Å². The van der Waals surface area contributed by atoms with Crippen LogP contribution in [0.3, 0.4) is 0 Å². The summed E-state index contributed by atoms with van der Waals surface area (Å²) in [6, 6.07) is 0. The van der Waals surface area contributed by atoms with Crippen LogP contribution < -0.4 is 0 Å². The molecule has 0 atom stereocenters. The zero-order valence-electron chi connectivity index (χ0n) is 5.87. The number of halogens is 1. The van der Waals surface area contributed by atoms with Gasteiger partial charge in [0, 0.05) is 6.42 Å². The SMILES string of the molecule is C#CCC(C(=O)O)=C(I)C(=O)O. The third-order valence-corrected chi connectivity index (χ3v) is 2.10. The fraction of sp³-hybridized carbons (Fsp3) is 0.143. The summed E-state index contributed by atoms with van der Waals surface area (Å²) < 4.78 is -0.252. The molecule has 0 aromatic heterocycles. The molecule has 0 unspecified atom stereocenters. The van der Waals surface area contributed by atoms with Gasteiger partial charge >= 0.3 is 11.9 Å². The summed E-state index contributed by atoms with van der Waals surface area (Å²) in [5.74, 6) is -0.489. The lowest BCUT2D eigenvalue weighted by molar-refractivity contribution is -0.135. The highest BCUT2D eigenvalue weighted by atomic mass is 127. The van der Waals surface area contributed by atoms with Crippen molar-refractivity contribution < 1.29 is 19.8 Å². The molecular formula is C7H5IO4. The van der Waals surface area contributed by atoms with E-state index in [-0.39, 0.29) is 15.6 Å². The molecule has 0 heterocycles. The van der Waals surface area contributed by atoms with Crippen LogP contribution in [0.4, 0.5) is 0 Å². The van der Waals surface area contributed by atoms with Crippen molar-refractivity contribution in [3.8, 4) is 12.3 Å². The van der Waals surface area contributed by atoms with E-state index in [0.29, 0.717) is 0 Å². The molecule has 0 saturated carbocycles. The van der Waals surface area contributed by atoms with Gasteiger partial charge in [-0.15, -0.1) is 12.3 Å². The zero-order valence-corrected chi connectivity index (χ0v) is 8.03. The van der Waals surface area contributed by atoms with Crippen molar-refractivity contribution in [2.24, 2.45) is 0 Å². The van der Waals surface area contributed by atoms with Crippen molar-refractivity contribution in [3.05, 3.63) is 9.15 Å². The van der Waals surface area contributed by atoms with E-state index < -0.39 is 11.9 Å². The summed E-state index contributed by atoms with van der Waals surface area (Å²) in [6.07, 6.45) is 4.68. The molecule has 0 aromatic carbocycles. The molecule has 0 fully saturated rings. The van der Waals surface area contributed by atoms with E-state index >= 15 is 0 Å². The van der Waals surface area contributed by atoms with Gasteiger partial charge in [0.05, 0.1) is 5.57 Å². The van der Waals surface area contributed by atoms with Crippen LogP contribution in [0.2, 0.25) is 0 Å². The second kappa shape index (κ2) is 4.77. The molecule has 0 aliphatic heterocycles. The Morgan fingerprint density at radius 1 is 1.33 bits per heavy atom. The average molecular weight is 280 g/mol. The Hall–Kier alpha value is -1.03. The quantitative estimate of drug-likeness (QED) is 0.457. The van der Waals surface area contributed by atoms with Gasteiger partial charge in [0.15, 0.2) is 0 Å². The van der Waals surface area contributed by atoms with Crippen molar-refractivity contribution in [2.45, 2.75) is 6.42 Å². The van der Waals surface area contributed by atoms with Crippen molar-refractivity contribution in [1.82, 2.24) is 0 Å². The molecule has 0 rings (SSSR count). The summed E-state index contributed by atoms with van der Waals surface area (Å²) in [5, 5.41) is 16.9. The molecule has 0 aliphatic rings. The number of carbonyl (C=O) groups is 2. The maximum absolute atomic E-state index is 10.4. The van der Waals surface area contributed by atoms with Gasteiger partial charge in [0.25, 0.3) is 0 Å². The number of terminal acetylenes is 1. The minimum atomic E-state index is -1.29. The van der Waals surface area contributed by atoms with Gasteiger partial charge in [0.2, 0.25) is 0 Å². The average Bonchev–Trinajstić information content (AvgIpc) is 1.98. The van der Waals surface area contributed by atoms with E-state index in [0.717, 1.165) is 0 Å². The van der Waals surface area contributed by atoms with E-state index in [9.17, 15) is 9.59 Å². The van der Waals surface area contributed by atoms with E-state index in [1.807, 2.05) is 0 Å². The Labute approximate surface area is 82.4 Å². The topological polar surface area (TPSA) is 74.6 Å². The van der Waals surface area contributed by atoms with Gasteiger partial charge in [-0.3, -0.25) is 0 Å². The number of hydrogen-bond donors (Lipinski definition) is 2. The highest BCUT2D eigenvalue weighted by Gasteiger charge is 2.16. The molecule has 0 spiro atoms. The smallest absolute Gasteiger partial charge is 0.342 e. The molecule has 12 heavy (non-hydrogen) atoms. The van der Waals surface area contributed by atoms with Gasteiger partial charge < -0.3 is 10.2 Å². The molecule has 0 saturated heterocycles. The Morgan fingerprint density at radius 3 is 2.08 bits per heavy atom. The molecule has 4 nitrogen and oxygen atoms in total. The van der Waals surface area contributed by atoms with Gasteiger partial charge in [-0.2, -0.15) is 0 Å². The monoisotopic (exact) mass is 280 g/mol. The minimum Gasteiger partial charge on any atom is -0.478 e. The lowest BCUT2D eigenvalue weighted by Gasteiger charge is -1.97. The van der Waals surface area contributed by atoms with Crippen LogP contribution >= 0.6 is 22.6 Å². The van der Waals surface area contributed by atoms with E-state index in [4.69, 9.17) is 16.6 Å². The van der Waals surface area contributed by atoms with Crippen LogP contribution in [-0.4, -0.2) is 22.2 Å². The summed E-state index contributed by atoms with van der Waals surface area (Å²) >= 11 is 1.44. The molecule has 64 valence electrons. The van der Waals surface area contributed by atoms with Gasteiger partial charge in [-0.25, -0.2) is 9.59 Å². The summed E-state index contributed by atoms with van der Waals surface area (Å²) in [7, 11) is 0. The molecule has 5 heteroatoms. The molecule has 0 aromatic rings. The maximum atomic E-state index is 10.4. The van der Waals surface area contributed by atoms with Crippen molar-refractivity contribution in [3.63, 3.8) is 0 Å². The molecular weight excluding hydrogens is 275 g/mol. The first-order valence-corrected chi connectivity index (χ1v) is 3.87. The van der Waals surface area contributed by atoms with Gasteiger partial charge in [-0.1, -0.05) is 0 Å². The molecule has 2 N–H and O–H groups in total. The van der Waals surface area contributed by atoms with E-state index in [2.05, 4.69) is 5.92 Å². The highest BCUT2D eigenvalue weighted by Crippen LogP contribution is 2.15. The third-order valence-electron chi connectivity index (χ3n) is 0.990. The lowest BCUT2D eigenvalue weighted by Crippen LogP contribution is -2.07. The normalized spacial score (nSPS) is 11.3. The number of carboxylic acids is 2. The fourth-order valence-corrected chi connectivity index (χ4v) is 0.900. The van der Waals surface area contributed by atoms with E-state index in [1.54, 1.807) is 0 Å². The summed E-state index contributed by atoms with van der Waals surface area (Å²) in [4.78, 5) is 20.7. The first-order chi connectivity index (χ1) is 5.50. The maximum Gasteiger partial charge on any atom is 0.342 e. The third kappa shape index (κ3) is 2.92. The van der Waals surface area contributed by atoms with Crippen LogP contribution in [0.15, 0.2) is 9.15 Å². The first kappa shape index (κ1) is 11.0. The van der Waals surface area contributed by atoms with Gasteiger partial charge in [-0.05, 0) is 22.6 Å². The number of rotatable bonds is 3. The number of aliphatic carboxylic acids is 2. The Kier molecular flexibility index (Phi) is 4.36. The second-order valence-electron chi connectivity index (χ2n) is 1.78. The van der Waals surface area contributed by atoms with Crippen LogP contribution in [0.25, 0.3) is 0 Å². The fourth-order valence-electron chi connectivity index (χ4n) is 0.478.